The minimum Gasteiger partial charge on any atom is -0.243 e. The van der Waals surface area contributed by atoms with Gasteiger partial charge in [0.05, 0.1) is 0 Å². The van der Waals surface area contributed by atoms with Crippen LogP contribution in [0.2, 0.25) is 0 Å². The molecule has 0 aliphatic rings. The van der Waals surface area contributed by atoms with E-state index in [-0.39, 0.29) is 0 Å². The molecular weight excluding hydrogens is 127 g/mol. The molecule has 0 radical (unpaired) electrons. The third-order valence-corrected chi connectivity index (χ3v) is 1.59. The molecule has 0 spiro atoms. The smallest absolute Gasteiger partial charge is 0.118 e. The Bertz CT molecular complexity index is 78.8. The van der Waals surface area contributed by atoms with Crippen molar-refractivity contribution in [2.75, 3.05) is 0 Å². The number of hydrogen-bond donors (Lipinski definition) is 0. The first-order chi connectivity index (χ1) is 4.81. The van der Waals surface area contributed by atoms with Gasteiger partial charge in [0, 0.05) is 0 Å². The number of rotatable bonds is 6. The quantitative estimate of drug-likeness (QED) is 0.395. The van der Waals surface area contributed by atoms with Crippen molar-refractivity contribution in [3.8, 4) is 0 Å². The fraction of sp³-hybridized carbons (Fsp3) is 0.778. The highest BCUT2D eigenvalue weighted by molar-refractivity contribution is 4.77. The zero-order valence-corrected chi connectivity index (χ0v) is 6.78. The molecule has 0 nitrogen and oxygen atoms in total. The van der Waals surface area contributed by atoms with Gasteiger partial charge >= 0.3 is 0 Å². The minimum atomic E-state index is -0.781. The Morgan fingerprint density at radius 1 is 1.40 bits per heavy atom. The molecule has 0 heterocycles. The molecule has 0 aliphatic carbocycles. The zero-order valence-electron chi connectivity index (χ0n) is 6.78. The molecule has 0 aromatic carbocycles. The topological polar surface area (TPSA) is 0 Å². The highest BCUT2D eigenvalue weighted by atomic mass is 19.1. The van der Waals surface area contributed by atoms with Crippen LogP contribution in [0.4, 0.5) is 4.39 Å². The second-order valence-electron chi connectivity index (χ2n) is 2.60. The number of hydrogen-bond acceptors (Lipinski definition) is 0. The molecule has 0 aliphatic heterocycles. The monoisotopic (exact) mass is 144 g/mol. The van der Waals surface area contributed by atoms with Crippen LogP contribution in [-0.4, -0.2) is 6.17 Å². The highest BCUT2D eigenvalue weighted by Gasteiger charge is 1.98. The highest BCUT2D eigenvalue weighted by Crippen LogP contribution is 2.07. The van der Waals surface area contributed by atoms with Crippen molar-refractivity contribution in [1.82, 2.24) is 0 Å². The van der Waals surface area contributed by atoms with Crippen LogP contribution >= 0.6 is 0 Å². The first-order valence-corrected chi connectivity index (χ1v) is 4.08. The van der Waals surface area contributed by atoms with Crippen molar-refractivity contribution in [3.63, 3.8) is 0 Å². The lowest BCUT2D eigenvalue weighted by Gasteiger charge is -2.00. The second-order valence-corrected chi connectivity index (χ2v) is 2.60. The van der Waals surface area contributed by atoms with Gasteiger partial charge in [-0.3, -0.25) is 0 Å². The van der Waals surface area contributed by atoms with E-state index in [0.717, 1.165) is 12.8 Å². The number of allylic oxidation sites excluding steroid dienone is 1. The van der Waals surface area contributed by atoms with Crippen LogP contribution in [-0.2, 0) is 0 Å². The Hall–Kier alpha value is -0.330. The summed E-state index contributed by atoms with van der Waals surface area (Å²) in [5.41, 5.74) is 0. The normalized spacial score (nSPS) is 13.0. The van der Waals surface area contributed by atoms with E-state index in [4.69, 9.17) is 0 Å². The largest absolute Gasteiger partial charge is 0.243 e. The summed E-state index contributed by atoms with van der Waals surface area (Å²) in [7, 11) is 0. The molecule has 0 aromatic rings. The predicted molar refractivity (Wildman–Crippen MR) is 43.9 cm³/mol. The van der Waals surface area contributed by atoms with Crippen molar-refractivity contribution >= 4 is 0 Å². The van der Waals surface area contributed by atoms with Gasteiger partial charge in [-0.25, -0.2) is 4.39 Å². The fourth-order valence-electron chi connectivity index (χ4n) is 0.884. The van der Waals surface area contributed by atoms with E-state index in [2.05, 4.69) is 13.5 Å². The summed E-state index contributed by atoms with van der Waals surface area (Å²) < 4.78 is 12.4. The summed E-state index contributed by atoms with van der Waals surface area (Å²) in [5, 5.41) is 0. The number of alkyl halides is 1. The molecule has 0 saturated carbocycles. The zero-order chi connectivity index (χ0) is 7.82. The molecule has 1 heteroatoms. The standard InChI is InChI=1S/C9H17F/c1-3-5-6-7-8-9(10)4-2/h4,9H,2-3,5-8H2,1H3. The number of unbranched alkanes of at least 4 members (excludes halogenated alkanes) is 3. The maximum Gasteiger partial charge on any atom is 0.118 e. The predicted octanol–water partition coefficient (Wildman–Crippen LogP) is 3.48. The number of halogens is 1. The van der Waals surface area contributed by atoms with E-state index < -0.39 is 6.17 Å². The third kappa shape index (κ3) is 5.80. The summed E-state index contributed by atoms with van der Waals surface area (Å²) in [6, 6.07) is 0. The van der Waals surface area contributed by atoms with Gasteiger partial charge < -0.3 is 0 Å². The average molecular weight is 144 g/mol. The maximum atomic E-state index is 12.4. The molecule has 0 aromatic heterocycles. The van der Waals surface area contributed by atoms with Gasteiger partial charge in [-0.1, -0.05) is 38.7 Å². The van der Waals surface area contributed by atoms with E-state index in [1.165, 1.54) is 18.9 Å². The van der Waals surface area contributed by atoms with Crippen molar-refractivity contribution in [2.24, 2.45) is 0 Å². The van der Waals surface area contributed by atoms with Gasteiger partial charge in [-0.15, -0.1) is 6.58 Å². The van der Waals surface area contributed by atoms with Crippen molar-refractivity contribution < 1.29 is 4.39 Å². The summed E-state index contributed by atoms with van der Waals surface area (Å²) in [5.74, 6) is 0. The lowest BCUT2D eigenvalue weighted by atomic mass is 10.1. The molecule has 1 atom stereocenters. The molecule has 0 bridgehead atoms. The Labute approximate surface area is 63.1 Å². The van der Waals surface area contributed by atoms with Crippen LogP contribution in [0, 0.1) is 0 Å². The summed E-state index contributed by atoms with van der Waals surface area (Å²) in [6.45, 7) is 5.54. The molecule has 0 fully saturated rings. The Morgan fingerprint density at radius 3 is 2.60 bits per heavy atom. The van der Waals surface area contributed by atoms with Gasteiger partial charge in [0.15, 0.2) is 0 Å². The molecular formula is C9H17F. The fourth-order valence-corrected chi connectivity index (χ4v) is 0.884. The Balaban J connectivity index is 2.95. The molecule has 0 rings (SSSR count). The molecule has 60 valence electrons. The van der Waals surface area contributed by atoms with Gasteiger partial charge in [-0.2, -0.15) is 0 Å². The third-order valence-electron chi connectivity index (χ3n) is 1.59. The van der Waals surface area contributed by atoms with E-state index in [0.29, 0.717) is 6.42 Å². The lowest BCUT2D eigenvalue weighted by molar-refractivity contribution is 0.365. The second kappa shape index (κ2) is 6.79. The summed E-state index contributed by atoms with van der Waals surface area (Å²) in [6.07, 6.45) is 5.85. The van der Waals surface area contributed by atoms with Gasteiger partial charge in [0.2, 0.25) is 0 Å². The molecule has 0 amide bonds. The van der Waals surface area contributed by atoms with E-state index in [9.17, 15) is 4.39 Å². The molecule has 0 saturated heterocycles. The Kier molecular flexibility index (Phi) is 6.56. The van der Waals surface area contributed by atoms with Crippen LogP contribution in [0.3, 0.4) is 0 Å². The molecule has 1 unspecified atom stereocenters. The van der Waals surface area contributed by atoms with Crippen molar-refractivity contribution in [1.29, 1.82) is 0 Å². The van der Waals surface area contributed by atoms with E-state index in [1.54, 1.807) is 0 Å². The summed E-state index contributed by atoms with van der Waals surface area (Å²) >= 11 is 0. The minimum absolute atomic E-state index is 0.656. The summed E-state index contributed by atoms with van der Waals surface area (Å²) in [4.78, 5) is 0. The molecule has 0 N–H and O–H groups in total. The first kappa shape index (κ1) is 9.67. The van der Waals surface area contributed by atoms with Crippen LogP contribution in [0.1, 0.15) is 39.0 Å². The Morgan fingerprint density at radius 2 is 2.10 bits per heavy atom. The van der Waals surface area contributed by atoms with Gasteiger partial charge in [0.25, 0.3) is 0 Å². The van der Waals surface area contributed by atoms with Crippen molar-refractivity contribution in [3.05, 3.63) is 12.7 Å². The lowest BCUT2D eigenvalue weighted by Crippen LogP contribution is -1.93. The van der Waals surface area contributed by atoms with Crippen molar-refractivity contribution in [2.45, 2.75) is 45.2 Å². The van der Waals surface area contributed by atoms with Gasteiger partial charge in [-0.05, 0) is 6.42 Å². The molecule has 10 heavy (non-hydrogen) atoms. The van der Waals surface area contributed by atoms with Crippen LogP contribution < -0.4 is 0 Å². The van der Waals surface area contributed by atoms with E-state index in [1.807, 2.05) is 0 Å². The van der Waals surface area contributed by atoms with E-state index >= 15 is 0 Å². The van der Waals surface area contributed by atoms with Gasteiger partial charge in [0.1, 0.15) is 6.17 Å². The van der Waals surface area contributed by atoms with Crippen LogP contribution in [0.15, 0.2) is 12.7 Å². The first-order valence-electron chi connectivity index (χ1n) is 4.08. The SMILES string of the molecule is C=CC(F)CCCCCC. The average Bonchev–Trinajstić information content (AvgIpc) is 1.98. The van der Waals surface area contributed by atoms with Crippen LogP contribution in [0.25, 0.3) is 0 Å². The van der Waals surface area contributed by atoms with Crippen LogP contribution in [0.5, 0.6) is 0 Å². The maximum absolute atomic E-state index is 12.4.